The number of hydrogen-bond donors (Lipinski definition) is 0. The van der Waals surface area contributed by atoms with Crippen molar-refractivity contribution in [3.63, 3.8) is 0 Å². The van der Waals surface area contributed by atoms with E-state index in [1.807, 2.05) is 0 Å². The molecule has 0 amide bonds. The summed E-state index contributed by atoms with van der Waals surface area (Å²) >= 11 is 0. The molecule has 17 valence electrons. The van der Waals surface area contributed by atoms with E-state index in [0.29, 0.717) is 0 Å². The van der Waals surface area contributed by atoms with Gasteiger partial charge in [0.1, 0.15) is 0 Å². The molecule has 0 rings (SSSR count). The monoisotopic (exact) mass is 188 g/mol. The summed E-state index contributed by atoms with van der Waals surface area (Å²) in [4.78, 5) is 0. The second-order valence-corrected chi connectivity index (χ2v) is 0. The second kappa shape index (κ2) is 22.9. The molecule has 0 bridgehead atoms. The minimum Gasteiger partial charge on any atom is -2.00 e. The number of hydrogen-bond acceptors (Lipinski definition) is 0. The van der Waals surface area contributed by atoms with Crippen LogP contribution in [0, 0.1) is 0 Å². The first-order valence-corrected chi connectivity index (χ1v) is 0. The van der Waals surface area contributed by atoms with Crippen LogP contribution in [0.2, 0.25) is 0 Å². The molecule has 1 radical (unpaired) electrons. The average molecular weight is 189 g/mol. The molecule has 0 heterocycles. The van der Waals surface area contributed by atoms with Gasteiger partial charge in [-0.3, -0.25) is 0 Å². The molecule has 0 atom stereocenters. The average Bonchev–Trinajstić information content (AvgIpc) is 0. The van der Waals surface area contributed by atoms with E-state index in [4.69, 9.17) is 0 Å². The van der Waals surface area contributed by atoms with E-state index in [-0.39, 0.29) is 59.4 Å². The smallest absolute Gasteiger partial charge is 2.00 e. The van der Waals surface area contributed by atoms with Crippen LogP contribution in [-0.2, 0) is 59.4 Å². The van der Waals surface area contributed by atoms with Gasteiger partial charge in [0.05, 0.1) is 0 Å². The van der Waals surface area contributed by atoms with Crippen LogP contribution in [0.5, 0.6) is 0 Å². The summed E-state index contributed by atoms with van der Waals surface area (Å²) in [6.45, 7) is 0. The molecule has 4 heavy (non-hydrogen) atoms. The van der Waals surface area contributed by atoms with Crippen molar-refractivity contribution in [1.29, 1.82) is 0 Å². The molecule has 0 aliphatic heterocycles. The van der Waals surface area contributed by atoms with Gasteiger partial charge in [0.15, 0.2) is 0 Å². The van der Waals surface area contributed by atoms with E-state index in [0.717, 1.165) is 0 Å². The first-order chi connectivity index (χ1) is 0. The Morgan fingerprint density at radius 3 is 1.00 bits per heavy atom. The van der Waals surface area contributed by atoms with Crippen LogP contribution in [0.25, 0.3) is 0 Å². The molecule has 1 nitrogen and oxygen atoms in total. The van der Waals surface area contributed by atoms with Crippen LogP contribution in [0.4, 0.5) is 0 Å². The van der Waals surface area contributed by atoms with Crippen LogP contribution in [0.1, 0.15) is 0 Å². The minimum atomic E-state index is 0. The van der Waals surface area contributed by atoms with E-state index in [1.54, 1.807) is 0 Å². The third-order valence-electron chi connectivity index (χ3n) is 0. The Kier molecular flexibility index (Phi) is 259. The molecule has 0 N–H and O–H groups in total. The van der Waals surface area contributed by atoms with Gasteiger partial charge in [-0.15, -0.1) is 0 Å². The van der Waals surface area contributed by atoms with Gasteiger partial charge < -0.3 is 5.48 Å². The molecule has 0 aliphatic rings. The van der Waals surface area contributed by atoms with Crippen LogP contribution in [0.15, 0.2) is 0 Å². The molecule has 0 fully saturated rings. The Morgan fingerprint density at radius 2 is 1.00 bits per heavy atom. The van der Waals surface area contributed by atoms with Crippen molar-refractivity contribution in [3.05, 3.63) is 0 Å². The fourth-order valence-electron chi connectivity index (χ4n) is 0. The van der Waals surface area contributed by atoms with Crippen molar-refractivity contribution in [3.8, 4) is 0 Å². The Bertz CT molecular complexity index is 8.00. The summed E-state index contributed by atoms with van der Waals surface area (Å²) in [6.07, 6.45) is 0. The second-order valence-electron chi connectivity index (χ2n) is 0. The SMILES string of the molecule is [Cr+3].[Fe+2].[O-2].[Zn+2]. The Hall–Kier alpha value is 1.64. The van der Waals surface area contributed by atoms with E-state index in [9.17, 15) is 0 Å². The summed E-state index contributed by atoms with van der Waals surface area (Å²) in [5.74, 6) is 0. The van der Waals surface area contributed by atoms with Crippen molar-refractivity contribution in [2.75, 3.05) is 0 Å². The van der Waals surface area contributed by atoms with Crippen molar-refractivity contribution in [2.45, 2.75) is 0 Å². The third-order valence-corrected chi connectivity index (χ3v) is 0. The molecule has 0 spiro atoms. The van der Waals surface area contributed by atoms with Gasteiger partial charge in [-0.05, 0) is 0 Å². The first kappa shape index (κ1) is 45.3. The van der Waals surface area contributed by atoms with Gasteiger partial charge in [-0.25, -0.2) is 0 Å². The molecule has 0 aromatic carbocycles. The summed E-state index contributed by atoms with van der Waals surface area (Å²) in [7, 11) is 0. The van der Waals surface area contributed by atoms with Crippen LogP contribution < -0.4 is 0 Å². The fraction of sp³-hybridized carbons (Fsp3) is 0. The maximum absolute atomic E-state index is 0. The topological polar surface area (TPSA) is 28.5 Å². The third kappa shape index (κ3) is 9.44. The van der Waals surface area contributed by atoms with Gasteiger partial charge in [0.2, 0.25) is 0 Å². The Balaban J connectivity index is 0. The van der Waals surface area contributed by atoms with Gasteiger partial charge in [0, 0.05) is 0 Å². The van der Waals surface area contributed by atoms with Crippen molar-refractivity contribution >= 4 is 0 Å². The summed E-state index contributed by atoms with van der Waals surface area (Å²) in [6, 6.07) is 0. The van der Waals surface area contributed by atoms with Crippen molar-refractivity contribution in [2.24, 2.45) is 0 Å². The van der Waals surface area contributed by atoms with Crippen LogP contribution >= 0.6 is 0 Å². The maximum atomic E-state index is 0. The van der Waals surface area contributed by atoms with Gasteiger partial charge in [-0.2, -0.15) is 0 Å². The minimum absolute atomic E-state index is 0. The largest absolute Gasteiger partial charge is 3.00 e. The summed E-state index contributed by atoms with van der Waals surface area (Å²) in [5.41, 5.74) is 0. The zero-order valence-corrected chi connectivity index (χ0v) is 7.22. The van der Waals surface area contributed by atoms with E-state index in [2.05, 4.69) is 0 Å². The Labute approximate surface area is 59.2 Å². The normalized spacial score (nSPS) is 0. The molecule has 0 saturated carbocycles. The van der Waals surface area contributed by atoms with Crippen molar-refractivity contribution in [1.82, 2.24) is 0 Å². The summed E-state index contributed by atoms with van der Waals surface area (Å²) in [5, 5.41) is 0. The first-order valence-electron chi connectivity index (χ1n) is 0. The zero-order valence-electron chi connectivity index (χ0n) is 1.88. The van der Waals surface area contributed by atoms with E-state index >= 15 is 0 Å². The summed E-state index contributed by atoms with van der Waals surface area (Å²) < 4.78 is 0. The maximum Gasteiger partial charge on any atom is 3.00 e. The van der Waals surface area contributed by atoms with Crippen LogP contribution in [-0.4, -0.2) is 0 Å². The molecule has 0 saturated heterocycles. The van der Waals surface area contributed by atoms with E-state index in [1.165, 1.54) is 0 Å². The standard InChI is InChI=1S/Cr.Fe.O.Zn/q+3;+2;-2;+2. The molecule has 0 aromatic rings. The fourth-order valence-corrected chi connectivity index (χ4v) is 0. The van der Waals surface area contributed by atoms with E-state index < -0.39 is 0 Å². The predicted octanol–water partition coefficient (Wildman–Crippen LogP) is -0.126. The van der Waals surface area contributed by atoms with Gasteiger partial charge >= 0.3 is 53.9 Å². The zero-order chi connectivity index (χ0) is 0. The molecule has 4 heteroatoms. The molecular formula is CrFeOZn+5. The quantitative estimate of drug-likeness (QED) is 0.475. The predicted molar refractivity (Wildman–Crippen MR) is 0.686 cm³/mol. The molecule has 0 aromatic heterocycles. The Morgan fingerprint density at radius 1 is 1.00 bits per heavy atom. The molecule has 0 unspecified atom stereocenters. The number of rotatable bonds is 0. The molecular weight excluding hydrogens is 189 g/mol. The van der Waals surface area contributed by atoms with Gasteiger partial charge in [0.25, 0.3) is 0 Å². The van der Waals surface area contributed by atoms with Crippen LogP contribution in [0.3, 0.4) is 0 Å². The van der Waals surface area contributed by atoms with Gasteiger partial charge in [-0.1, -0.05) is 0 Å². The molecule has 0 aliphatic carbocycles. The van der Waals surface area contributed by atoms with Crippen molar-refractivity contribution < 1.29 is 59.4 Å².